The third kappa shape index (κ3) is 5.61. The van der Waals surface area contributed by atoms with Gasteiger partial charge < -0.3 is 20.9 Å². The summed E-state index contributed by atoms with van der Waals surface area (Å²) in [5.41, 5.74) is 5.33. The first-order chi connectivity index (χ1) is 9.92. The number of primary amides is 1. The molecule has 0 unspecified atom stereocenters. The Morgan fingerprint density at radius 2 is 1.95 bits per heavy atom. The molecule has 0 aliphatic rings. The molecule has 0 spiro atoms. The van der Waals surface area contributed by atoms with E-state index < -0.39 is 36.9 Å². The maximum Gasteiger partial charge on any atom is 0.326 e. The van der Waals surface area contributed by atoms with E-state index in [1.165, 1.54) is 24.3 Å². The Bertz CT molecular complexity index is 576. The fraction of sp³-hybridized carbons (Fsp3) is 0.231. The van der Waals surface area contributed by atoms with Gasteiger partial charge in [-0.1, -0.05) is 0 Å². The number of carboxylic acids is 1. The first-order valence-electron chi connectivity index (χ1n) is 5.86. The van der Waals surface area contributed by atoms with Crippen molar-refractivity contribution in [1.82, 2.24) is 5.32 Å². The van der Waals surface area contributed by atoms with Crippen LogP contribution in [-0.4, -0.2) is 35.5 Å². The molecule has 1 aromatic carbocycles. The molecule has 8 heteroatoms. The molecule has 0 heterocycles. The van der Waals surface area contributed by atoms with E-state index >= 15 is 0 Å². The number of nitrogens with two attached hydrogens (primary N) is 1. The lowest BCUT2D eigenvalue weighted by atomic mass is 10.2. The summed E-state index contributed by atoms with van der Waals surface area (Å²) in [4.78, 5) is 33.0. The maximum absolute atomic E-state index is 11.5. The lowest BCUT2D eigenvalue weighted by Gasteiger charge is -2.13. The van der Waals surface area contributed by atoms with E-state index in [2.05, 4.69) is 5.32 Å². The van der Waals surface area contributed by atoms with Gasteiger partial charge in [0.25, 0.3) is 5.91 Å². The minimum atomic E-state index is -1.39. The summed E-state index contributed by atoms with van der Waals surface area (Å²) in [6.45, 7) is -0.422. The predicted octanol–water partition coefficient (Wildman–Crippen LogP) is -0.618. The average Bonchev–Trinajstić information content (AvgIpc) is 2.44. The third-order valence-corrected chi connectivity index (χ3v) is 2.39. The maximum atomic E-state index is 11.5. The zero-order valence-electron chi connectivity index (χ0n) is 10.9. The van der Waals surface area contributed by atoms with Crippen LogP contribution in [0.25, 0.3) is 0 Å². The van der Waals surface area contributed by atoms with Crippen molar-refractivity contribution in [1.29, 1.82) is 5.26 Å². The largest absolute Gasteiger partial charge is 0.484 e. The van der Waals surface area contributed by atoms with Gasteiger partial charge in [0, 0.05) is 0 Å². The summed E-state index contributed by atoms with van der Waals surface area (Å²) < 4.78 is 5.12. The van der Waals surface area contributed by atoms with E-state index in [4.69, 9.17) is 20.8 Å². The van der Waals surface area contributed by atoms with Gasteiger partial charge in [0.15, 0.2) is 6.61 Å². The van der Waals surface area contributed by atoms with Crippen molar-refractivity contribution in [3.63, 3.8) is 0 Å². The molecule has 1 aromatic rings. The SMILES string of the molecule is N#Cc1ccc(OCC(=O)N[C@H](CC(N)=O)C(=O)O)cc1. The van der Waals surface area contributed by atoms with Gasteiger partial charge in [0.2, 0.25) is 5.91 Å². The normalized spacial score (nSPS) is 11.0. The lowest BCUT2D eigenvalue weighted by molar-refractivity contribution is -0.143. The van der Waals surface area contributed by atoms with Crippen LogP contribution in [0, 0.1) is 11.3 Å². The van der Waals surface area contributed by atoms with E-state index in [1.807, 2.05) is 6.07 Å². The number of rotatable bonds is 7. The van der Waals surface area contributed by atoms with Crippen molar-refractivity contribution in [2.45, 2.75) is 12.5 Å². The molecule has 0 aromatic heterocycles. The highest BCUT2D eigenvalue weighted by molar-refractivity contribution is 5.88. The fourth-order valence-corrected chi connectivity index (χ4v) is 1.41. The number of carbonyl (C=O) groups is 3. The molecule has 2 amide bonds. The molecule has 21 heavy (non-hydrogen) atoms. The van der Waals surface area contributed by atoms with Crippen molar-refractivity contribution in [3.8, 4) is 11.8 Å². The molecule has 0 saturated heterocycles. The summed E-state index contributed by atoms with van der Waals surface area (Å²) in [7, 11) is 0. The Morgan fingerprint density at radius 1 is 1.33 bits per heavy atom. The summed E-state index contributed by atoms with van der Waals surface area (Å²) in [5.74, 6) is -2.55. The van der Waals surface area contributed by atoms with Crippen LogP contribution in [0.4, 0.5) is 0 Å². The summed E-state index contributed by atoms with van der Waals surface area (Å²) in [6.07, 6.45) is -0.502. The molecule has 0 saturated carbocycles. The minimum absolute atomic E-state index is 0.353. The highest BCUT2D eigenvalue weighted by atomic mass is 16.5. The van der Waals surface area contributed by atoms with Crippen molar-refractivity contribution in [2.24, 2.45) is 5.73 Å². The molecule has 0 radical (unpaired) electrons. The molecule has 110 valence electrons. The fourth-order valence-electron chi connectivity index (χ4n) is 1.41. The van der Waals surface area contributed by atoms with Gasteiger partial charge in [-0.3, -0.25) is 9.59 Å². The number of aliphatic carboxylic acids is 1. The predicted molar refractivity (Wildman–Crippen MR) is 70.0 cm³/mol. The molecule has 1 rings (SSSR count). The molecular formula is C13H13N3O5. The van der Waals surface area contributed by atoms with E-state index in [1.54, 1.807) is 0 Å². The van der Waals surface area contributed by atoms with Crippen LogP contribution >= 0.6 is 0 Å². The van der Waals surface area contributed by atoms with Crippen molar-refractivity contribution < 1.29 is 24.2 Å². The smallest absolute Gasteiger partial charge is 0.326 e. The zero-order chi connectivity index (χ0) is 15.8. The molecule has 0 bridgehead atoms. The quantitative estimate of drug-likeness (QED) is 0.611. The van der Waals surface area contributed by atoms with Crippen LogP contribution < -0.4 is 15.8 Å². The highest BCUT2D eigenvalue weighted by Gasteiger charge is 2.22. The molecule has 0 aliphatic heterocycles. The number of carboxylic acid groups (broad SMARTS) is 1. The Hall–Kier alpha value is -3.08. The summed E-state index contributed by atoms with van der Waals surface area (Å²) in [6, 6.07) is 6.58. The summed E-state index contributed by atoms with van der Waals surface area (Å²) >= 11 is 0. The van der Waals surface area contributed by atoms with E-state index in [0.29, 0.717) is 11.3 Å². The average molecular weight is 291 g/mol. The van der Waals surface area contributed by atoms with Crippen LogP contribution in [0.2, 0.25) is 0 Å². The first kappa shape index (κ1) is 16.0. The molecule has 1 atom stereocenters. The van der Waals surface area contributed by atoms with Crippen molar-refractivity contribution in [2.75, 3.05) is 6.61 Å². The van der Waals surface area contributed by atoms with Gasteiger partial charge in [-0.05, 0) is 24.3 Å². The number of amides is 2. The van der Waals surface area contributed by atoms with E-state index in [-0.39, 0.29) is 0 Å². The van der Waals surface area contributed by atoms with Crippen LogP contribution in [0.15, 0.2) is 24.3 Å². The van der Waals surface area contributed by atoms with Crippen LogP contribution in [0.3, 0.4) is 0 Å². The van der Waals surface area contributed by atoms with Crippen LogP contribution in [0.5, 0.6) is 5.75 Å². The molecule has 8 nitrogen and oxygen atoms in total. The van der Waals surface area contributed by atoms with Gasteiger partial charge in [0.05, 0.1) is 18.1 Å². The van der Waals surface area contributed by atoms with Crippen LogP contribution in [0.1, 0.15) is 12.0 Å². The number of ether oxygens (including phenoxy) is 1. The number of hydrogen-bond acceptors (Lipinski definition) is 5. The second-order valence-electron chi connectivity index (χ2n) is 4.05. The third-order valence-electron chi connectivity index (χ3n) is 2.39. The van der Waals surface area contributed by atoms with Crippen LogP contribution in [-0.2, 0) is 14.4 Å². The molecule has 4 N–H and O–H groups in total. The Balaban J connectivity index is 2.50. The standard InChI is InChI=1S/C13H13N3O5/c14-6-8-1-3-9(4-2-8)21-7-12(18)16-10(13(19)20)5-11(15)17/h1-4,10H,5,7H2,(H2,15,17)(H,16,18)(H,19,20)/t10-/m1/s1. The number of nitrogens with zero attached hydrogens (tertiary/aromatic N) is 1. The van der Waals surface area contributed by atoms with E-state index in [0.717, 1.165) is 0 Å². The Kier molecular flexibility index (Phi) is 5.70. The number of benzene rings is 1. The van der Waals surface area contributed by atoms with Gasteiger partial charge >= 0.3 is 5.97 Å². The van der Waals surface area contributed by atoms with Crippen molar-refractivity contribution in [3.05, 3.63) is 29.8 Å². The highest BCUT2D eigenvalue weighted by Crippen LogP contribution is 2.11. The minimum Gasteiger partial charge on any atom is -0.484 e. The van der Waals surface area contributed by atoms with Gasteiger partial charge in [0.1, 0.15) is 11.8 Å². The number of nitrogens with one attached hydrogen (secondary N) is 1. The van der Waals surface area contributed by atoms with Gasteiger partial charge in [-0.15, -0.1) is 0 Å². The van der Waals surface area contributed by atoms with Crippen molar-refractivity contribution >= 4 is 17.8 Å². The monoisotopic (exact) mass is 291 g/mol. The topological polar surface area (TPSA) is 143 Å². The zero-order valence-corrected chi connectivity index (χ0v) is 10.9. The van der Waals surface area contributed by atoms with Gasteiger partial charge in [-0.25, -0.2) is 4.79 Å². The molecular weight excluding hydrogens is 278 g/mol. The molecule has 0 fully saturated rings. The van der Waals surface area contributed by atoms with Gasteiger partial charge in [-0.2, -0.15) is 5.26 Å². The number of hydrogen-bond donors (Lipinski definition) is 3. The number of nitriles is 1. The van der Waals surface area contributed by atoms with E-state index in [9.17, 15) is 14.4 Å². The Morgan fingerprint density at radius 3 is 2.43 bits per heavy atom. The molecule has 0 aliphatic carbocycles. The summed E-state index contributed by atoms with van der Waals surface area (Å²) in [5, 5.41) is 19.6. The second-order valence-corrected chi connectivity index (χ2v) is 4.05. The Labute approximate surface area is 120 Å². The first-order valence-corrected chi connectivity index (χ1v) is 5.86. The number of carbonyl (C=O) groups excluding carboxylic acids is 2. The lowest BCUT2D eigenvalue weighted by Crippen LogP contribution is -2.45. The second kappa shape index (κ2) is 7.49.